The molecular weight excluding hydrogens is 238 g/mol. The van der Waals surface area contributed by atoms with Crippen molar-refractivity contribution in [2.75, 3.05) is 20.2 Å². The number of unbranched alkanes of at least 4 members (excludes halogenated alkanes) is 1. The largest absolute Gasteiger partial charge is 0.462 e. The van der Waals surface area contributed by atoms with Gasteiger partial charge in [0.15, 0.2) is 0 Å². The Bertz CT molecular complexity index is 266. The molecular formula is C16H31NO2. The van der Waals surface area contributed by atoms with E-state index in [1.54, 1.807) is 6.92 Å². The van der Waals surface area contributed by atoms with Crippen LogP contribution in [0.2, 0.25) is 0 Å². The van der Waals surface area contributed by atoms with E-state index in [0.717, 1.165) is 25.8 Å². The Morgan fingerprint density at radius 3 is 2.42 bits per heavy atom. The normalized spacial score (nSPS) is 13.9. The zero-order valence-electron chi connectivity index (χ0n) is 13.2. The number of ether oxygens (including phenoxy) is 1. The Kier molecular flexibility index (Phi) is 9.58. The van der Waals surface area contributed by atoms with E-state index in [0.29, 0.717) is 17.6 Å². The number of esters is 1. The van der Waals surface area contributed by atoms with Gasteiger partial charge in [0, 0.05) is 5.57 Å². The Morgan fingerprint density at radius 2 is 1.95 bits per heavy atom. The van der Waals surface area contributed by atoms with Crippen molar-refractivity contribution in [1.29, 1.82) is 0 Å². The molecule has 0 amide bonds. The fourth-order valence-electron chi connectivity index (χ4n) is 2.33. The Morgan fingerprint density at radius 1 is 1.26 bits per heavy atom. The van der Waals surface area contributed by atoms with Gasteiger partial charge in [-0.1, -0.05) is 39.7 Å². The second-order valence-corrected chi connectivity index (χ2v) is 5.48. The third-order valence-corrected chi connectivity index (χ3v) is 3.93. The first-order valence-corrected chi connectivity index (χ1v) is 7.48. The summed E-state index contributed by atoms with van der Waals surface area (Å²) in [5.74, 6) is -0.269. The molecule has 0 aliphatic carbocycles. The van der Waals surface area contributed by atoms with Crippen molar-refractivity contribution in [2.45, 2.75) is 59.3 Å². The van der Waals surface area contributed by atoms with Crippen LogP contribution < -0.4 is 5.32 Å². The van der Waals surface area contributed by atoms with E-state index in [-0.39, 0.29) is 5.97 Å². The lowest BCUT2D eigenvalue weighted by Gasteiger charge is -2.33. The minimum absolute atomic E-state index is 0.269. The molecule has 0 aromatic heterocycles. The Hall–Kier alpha value is -0.830. The second-order valence-electron chi connectivity index (χ2n) is 5.48. The first-order chi connectivity index (χ1) is 9.01. The summed E-state index contributed by atoms with van der Waals surface area (Å²) < 4.78 is 5.26. The van der Waals surface area contributed by atoms with Crippen molar-refractivity contribution < 1.29 is 9.53 Å². The van der Waals surface area contributed by atoms with Gasteiger partial charge in [-0.3, -0.25) is 0 Å². The predicted octanol–water partition coefficient (Wildman–Crippen LogP) is 3.69. The molecule has 0 aliphatic heterocycles. The Balaban J connectivity index is 4.37. The van der Waals surface area contributed by atoms with E-state index in [4.69, 9.17) is 4.74 Å². The molecule has 0 aliphatic rings. The summed E-state index contributed by atoms with van der Waals surface area (Å²) in [6.45, 7) is 11.3. The molecule has 0 saturated carbocycles. The molecule has 1 unspecified atom stereocenters. The maximum absolute atomic E-state index is 11.4. The highest BCUT2D eigenvalue weighted by atomic mass is 16.5. The van der Waals surface area contributed by atoms with Crippen LogP contribution in [0.15, 0.2) is 12.2 Å². The summed E-state index contributed by atoms with van der Waals surface area (Å²) in [5.41, 5.74) is 0.778. The topological polar surface area (TPSA) is 38.3 Å². The van der Waals surface area contributed by atoms with Crippen LogP contribution in [-0.2, 0) is 9.53 Å². The summed E-state index contributed by atoms with van der Waals surface area (Å²) in [4.78, 5) is 11.4. The maximum atomic E-state index is 11.4. The molecule has 0 heterocycles. The van der Waals surface area contributed by atoms with Crippen molar-refractivity contribution in [1.82, 2.24) is 5.32 Å². The van der Waals surface area contributed by atoms with E-state index in [9.17, 15) is 4.79 Å². The molecule has 112 valence electrons. The van der Waals surface area contributed by atoms with Crippen LogP contribution in [0.1, 0.15) is 59.3 Å². The standard InChI is InChI=1S/C16H31NO2/c1-6-8-9-16(7-2,10-12-17-5)11-13-19-15(18)14(3)4/h17H,3,6-13H2,1-2,4-5H3. The smallest absolute Gasteiger partial charge is 0.333 e. The number of hydrogen-bond donors (Lipinski definition) is 1. The molecule has 0 radical (unpaired) electrons. The molecule has 3 nitrogen and oxygen atoms in total. The van der Waals surface area contributed by atoms with E-state index in [2.05, 4.69) is 25.7 Å². The van der Waals surface area contributed by atoms with Gasteiger partial charge in [-0.25, -0.2) is 4.79 Å². The minimum atomic E-state index is -0.269. The van der Waals surface area contributed by atoms with Gasteiger partial charge in [-0.05, 0) is 45.2 Å². The molecule has 0 rings (SSSR count). The van der Waals surface area contributed by atoms with E-state index in [1.807, 2.05) is 7.05 Å². The van der Waals surface area contributed by atoms with Gasteiger partial charge in [0.2, 0.25) is 0 Å². The SMILES string of the molecule is C=C(C)C(=O)OCCC(CC)(CCCC)CCNC. The highest BCUT2D eigenvalue weighted by Crippen LogP contribution is 2.36. The number of hydrogen-bond acceptors (Lipinski definition) is 3. The quantitative estimate of drug-likeness (QED) is 0.459. The van der Waals surface area contributed by atoms with Gasteiger partial charge in [-0.2, -0.15) is 0 Å². The minimum Gasteiger partial charge on any atom is -0.462 e. The highest BCUT2D eigenvalue weighted by molar-refractivity contribution is 5.86. The van der Waals surface area contributed by atoms with Gasteiger partial charge in [0.25, 0.3) is 0 Å². The van der Waals surface area contributed by atoms with Gasteiger partial charge in [-0.15, -0.1) is 0 Å². The maximum Gasteiger partial charge on any atom is 0.333 e. The highest BCUT2D eigenvalue weighted by Gasteiger charge is 2.27. The summed E-state index contributed by atoms with van der Waals surface area (Å²) in [5, 5.41) is 3.23. The lowest BCUT2D eigenvalue weighted by molar-refractivity contribution is -0.139. The zero-order chi connectivity index (χ0) is 14.7. The van der Waals surface area contributed by atoms with Crippen LogP contribution in [0.4, 0.5) is 0 Å². The summed E-state index contributed by atoms with van der Waals surface area (Å²) in [6, 6.07) is 0. The fraction of sp³-hybridized carbons (Fsp3) is 0.812. The molecule has 0 aromatic rings. The van der Waals surface area contributed by atoms with Crippen LogP contribution in [0.25, 0.3) is 0 Å². The average molecular weight is 269 g/mol. The van der Waals surface area contributed by atoms with E-state index in [1.165, 1.54) is 19.3 Å². The second kappa shape index (κ2) is 10.0. The van der Waals surface area contributed by atoms with Gasteiger partial charge >= 0.3 is 5.97 Å². The molecule has 3 heteroatoms. The molecule has 0 aromatic carbocycles. The lowest BCUT2D eigenvalue weighted by atomic mass is 9.75. The number of carbonyl (C=O) groups excluding carboxylic acids is 1. The summed E-state index contributed by atoms with van der Waals surface area (Å²) in [6.07, 6.45) is 6.90. The number of nitrogens with one attached hydrogen (secondary N) is 1. The van der Waals surface area contributed by atoms with Crippen molar-refractivity contribution in [3.8, 4) is 0 Å². The van der Waals surface area contributed by atoms with Crippen LogP contribution in [0.5, 0.6) is 0 Å². The van der Waals surface area contributed by atoms with Crippen LogP contribution in [0.3, 0.4) is 0 Å². The number of rotatable bonds is 11. The van der Waals surface area contributed by atoms with Gasteiger partial charge in [0.1, 0.15) is 0 Å². The summed E-state index contributed by atoms with van der Waals surface area (Å²) in [7, 11) is 1.99. The van der Waals surface area contributed by atoms with Crippen molar-refractivity contribution in [2.24, 2.45) is 5.41 Å². The van der Waals surface area contributed by atoms with Crippen LogP contribution in [0, 0.1) is 5.41 Å². The Labute approximate surface area is 118 Å². The van der Waals surface area contributed by atoms with Crippen molar-refractivity contribution >= 4 is 5.97 Å². The fourth-order valence-corrected chi connectivity index (χ4v) is 2.33. The van der Waals surface area contributed by atoms with Gasteiger partial charge < -0.3 is 10.1 Å². The first-order valence-electron chi connectivity index (χ1n) is 7.48. The van der Waals surface area contributed by atoms with Crippen molar-refractivity contribution in [3.63, 3.8) is 0 Å². The average Bonchev–Trinajstić information content (AvgIpc) is 2.41. The van der Waals surface area contributed by atoms with Crippen LogP contribution in [-0.4, -0.2) is 26.2 Å². The molecule has 0 saturated heterocycles. The molecule has 19 heavy (non-hydrogen) atoms. The third-order valence-electron chi connectivity index (χ3n) is 3.93. The van der Waals surface area contributed by atoms with Gasteiger partial charge in [0.05, 0.1) is 6.61 Å². The zero-order valence-corrected chi connectivity index (χ0v) is 13.2. The third kappa shape index (κ3) is 7.36. The molecule has 0 spiro atoms. The van der Waals surface area contributed by atoms with E-state index < -0.39 is 0 Å². The monoisotopic (exact) mass is 269 g/mol. The predicted molar refractivity (Wildman–Crippen MR) is 81.2 cm³/mol. The van der Waals surface area contributed by atoms with Crippen LogP contribution >= 0.6 is 0 Å². The number of carbonyl (C=O) groups is 1. The molecule has 0 fully saturated rings. The molecule has 1 atom stereocenters. The molecule has 1 N–H and O–H groups in total. The summed E-state index contributed by atoms with van der Waals surface area (Å²) >= 11 is 0. The van der Waals surface area contributed by atoms with E-state index >= 15 is 0 Å². The molecule has 0 bridgehead atoms. The lowest BCUT2D eigenvalue weighted by Crippen LogP contribution is -2.27. The first kappa shape index (κ1) is 18.2. The van der Waals surface area contributed by atoms with Crippen molar-refractivity contribution in [3.05, 3.63) is 12.2 Å².